The van der Waals surface area contributed by atoms with E-state index in [-0.39, 0.29) is 6.61 Å². The molecule has 23 heavy (non-hydrogen) atoms. The van der Waals surface area contributed by atoms with Crippen molar-refractivity contribution >= 4 is 27.4 Å². The number of aromatic nitrogens is 2. The van der Waals surface area contributed by atoms with Crippen LogP contribution in [0.5, 0.6) is 0 Å². The number of ether oxygens (including phenoxy) is 1. The maximum absolute atomic E-state index is 9.00. The van der Waals surface area contributed by atoms with Crippen molar-refractivity contribution in [2.75, 3.05) is 25.6 Å². The summed E-state index contributed by atoms with van der Waals surface area (Å²) >= 11 is 1.61. The van der Waals surface area contributed by atoms with Crippen LogP contribution in [0.25, 0.3) is 21.3 Å². The average molecular weight is 329 g/mol. The van der Waals surface area contributed by atoms with Crippen LogP contribution in [-0.4, -0.2) is 35.3 Å². The van der Waals surface area contributed by atoms with Gasteiger partial charge in [-0.15, -0.1) is 11.3 Å². The number of benzene rings is 1. The third-order valence-corrected chi connectivity index (χ3v) is 4.34. The van der Waals surface area contributed by atoms with Crippen molar-refractivity contribution in [1.29, 1.82) is 0 Å². The number of rotatable bonds is 7. The van der Waals surface area contributed by atoms with Crippen molar-refractivity contribution in [2.24, 2.45) is 0 Å². The number of methoxy groups -OCH3 is 1. The van der Waals surface area contributed by atoms with E-state index in [1.807, 2.05) is 18.2 Å². The summed E-state index contributed by atoms with van der Waals surface area (Å²) < 4.78 is 5.16. The highest BCUT2D eigenvalue weighted by molar-refractivity contribution is 7.17. The van der Waals surface area contributed by atoms with Crippen LogP contribution in [0.4, 0.5) is 5.82 Å². The number of hydrogen-bond acceptors (Lipinski definition) is 6. The Morgan fingerprint density at radius 2 is 2.04 bits per heavy atom. The number of aliphatic hydroxyl groups excluding tert-OH is 1. The summed E-state index contributed by atoms with van der Waals surface area (Å²) in [4.78, 5) is 10.1. The molecule has 0 aliphatic carbocycles. The van der Waals surface area contributed by atoms with E-state index in [1.54, 1.807) is 18.4 Å². The molecule has 2 aromatic heterocycles. The highest BCUT2D eigenvalue weighted by Gasteiger charge is 2.15. The largest absolute Gasteiger partial charge is 0.396 e. The van der Waals surface area contributed by atoms with Crippen molar-refractivity contribution < 1.29 is 9.84 Å². The minimum atomic E-state index is 0.154. The molecule has 1 aromatic carbocycles. The van der Waals surface area contributed by atoms with Crippen LogP contribution in [0.3, 0.4) is 0 Å². The van der Waals surface area contributed by atoms with E-state index in [2.05, 4.69) is 32.8 Å². The Bertz CT molecular complexity index is 774. The molecule has 0 saturated heterocycles. The molecule has 0 spiro atoms. The Hall–Kier alpha value is -2.02. The van der Waals surface area contributed by atoms with Crippen LogP contribution in [-0.2, 0) is 11.3 Å². The lowest BCUT2D eigenvalue weighted by Gasteiger charge is -2.10. The van der Waals surface area contributed by atoms with E-state index >= 15 is 0 Å². The van der Waals surface area contributed by atoms with Crippen LogP contribution in [0.15, 0.2) is 35.7 Å². The van der Waals surface area contributed by atoms with Crippen molar-refractivity contribution in [3.8, 4) is 11.1 Å². The Morgan fingerprint density at radius 1 is 1.22 bits per heavy atom. The highest BCUT2D eigenvalue weighted by atomic mass is 32.1. The second-order valence-electron chi connectivity index (χ2n) is 5.12. The monoisotopic (exact) mass is 329 g/mol. The number of hydrogen-bond donors (Lipinski definition) is 2. The lowest BCUT2D eigenvalue weighted by atomic mass is 10.1. The first kappa shape index (κ1) is 15.9. The van der Waals surface area contributed by atoms with Gasteiger partial charge in [-0.25, -0.2) is 9.97 Å². The topological polar surface area (TPSA) is 67.3 Å². The second kappa shape index (κ2) is 7.50. The molecule has 0 aliphatic heterocycles. The van der Waals surface area contributed by atoms with E-state index in [0.29, 0.717) is 25.4 Å². The first-order chi connectivity index (χ1) is 11.3. The highest BCUT2D eigenvalue weighted by Crippen LogP contribution is 2.36. The summed E-state index contributed by atoms with van der Waals surface area (Å²) in [6.07, 6.45) is 0.677. The molecule has 0 aliphatic rings. The maximum Gasteiger partial charge on any atom is 0.158 e. The number of nitrogens with zero attached hydrogens (tertiary/aromatic N) is 2. The van der Waals surface area contributed by atoms with Crippen molar-refractivity contribution in [3.63, 3.8) is 0 Å². The molecule has 2 heterocycles. The Balaban J connectivity index is 2.08. The molecule has 120 valence electrons. The third kappa shape index (κ3) is 3.50. The standard InChI is InChI=1S/C17H19N3O2S/c1-22-10-14-19-16(18-8-5-9-21)15-13(11-23-17(15)20-14)12-6-3-2-4-7-12/h2-4,6-7,11,21H,5,8-10H2,1H3,(H,18,19,20). The number of aliphatic hydroxyl groups is 1. The van der Waals surface area contributed by atoms with Gasteiger partial charge >= 0.3 is 0 Å². The first-order valence-electron chi connectivity index (χ1n) is 7.50. The quantitative estimate of drug-likeness (QED) is 0.651. The average Bonchev–Trinajstić information content (AvgIpc) is 3.00. The fourth-order valence-electron chi connectivity index (χ4n) is 2.42. The maximum atomic E-state index is 9.00. The first-order valence-corrected chi connectivity index (χ1v) is 8.38. The second-order valence-corrected chi connectivity index (χ2v) is 5.98. The lowest BCUT2D eigenvalue weighted by Crippen LogP contribution is -2.08. The van der Waals surface area contributed by atoms with Gasteiger partial charge in [-0.05, 0) is 12.0 Å². The predicted octanol–water partition coefficient (Wildman–Crippen LogP) is 3.30. The van der Waals surface area contributed by atoms with Crippen molar-refractivity contribution in [3.05, 3.63) is 41.5 Å². The zero-order valence-corrected chi connectivity index (χ0v) is 13.8. The molecule has 0 bridgehead atoms. The number of thiophene rings is 1. The van der Waals surface area contributed by atoms with Gasteiger partial charge in [0, 0.05) is 31.2 Å². The molecular weight excluding hydrogens is 310 g/mol. The van der Waals surface area contributed by atoms with Gasteiger partial charge in [0.2, 0.25) is 0 Å². The van der Waals surface area contributed by atoms with Crippen LogP contribution in [0.2, 0.25) is 0 Å². The molecule has 6 heteroatoms. The molecule has 0 radical (unpaired) electrons. The summed E-state index contributed by atoms with van der Waals surface area (Å²) in [5.74, 6) is 1.46. The van der Waals surface area contributed by atoms with E-state index in [9.17, 15) is 0 Å². The van der Waals surface area contributed by atoms with Crippen molar-refractivity contribution in [2.45, 2.75) is 13.0 Å². The molecule has 3 rings (SSSR count). The summed E-state index contributed by atoms with van der Waals surface area (Å²) in [7, 11) is 1.64. The number of fused-ring (bicyclic) bond motifs is 1. The predicted molar refractivity (Wildman–Crippen MR) is 93.8 cm³/mol. The fraction of sp³-hybridized carbons (Fsp3) is 0.294. The molecule has 0 saturated carbocycles. The van der Waals surface area contributed by atoms with Gasteiger partial charge in [-0.2, -0.15) is 0 Å². The van der Waals surface area contributed by atoms with E-state index in [4.69, 9.17) is 9.84 Å². The van der Waals surface area contributed by atoms with E-state index in [0.717, 1.165) is 27.2 Å². The van der Waals surface area contributed by atoms with Crippen molar-refractivity contribution in [1.82, 2.24) is 9.97 Å². The zero-order valence-electron chi connectivity index (χ0n) is 13.0. The lowest BCUT2D eigenvalue weighted by molar-refractivity contribution is 0.178. The van der Waals surface area contributed by atoms with E-state index in [1.165, 1.54) is 0 Å². The van der Waals surface area contributed by atoms with Crippen LogP contribution >= 0.6 is 11.3 Å². The van der Waals surface area contributed by atoms with Gasteiger partial charge in [-0.1, -0.05) is 30.3 Å². The molecule has 5 nitrogen and oxygen atoms in total. The van der Waals surface area contributed by atoms with Gasteiger partial charge in [0.05, 0.1) is 5.39 Å². The van der Waals surface area contributed by atoms with E-state index < -0.39 is 0 Å². The Morgan fingerprint density at radius 3 is 2.78 bits per heavy atom. The van der Waals surface area contributed by atoms with Gasteiger partial charge in [0.15, 0.2) is 5.82 Å². The Labute approximate surface area is 139 Å². The minimum Gasteiger partial charge on any atom is -0.396 e. The summed E-state index contributed by atoms with van der Waals surface area (Å²) in [5.41, 5.74) is 2.27. The van der Waals surface area contributed by atoms with Crippen LogP contribution in [0.1, 0.15) is 12.2 Å². The molecule has 0 amide bonds. The number of nitrogens with one attached hydrogen (secondary N) is 1. The molecule has 2 N–H and O–H groups in total. The molecule has 0 unspecified atom stereocenters. The van der Waals surface area contributed by atoms with Crippen LogP contribution < -0.4 is 5.32 Å². The normalized spacial score (nSPS) is 11.0. The number of anilines is 1. The molecule has 0 atom stereocenters. The van der Waals surface area contributed by atoms with Gasteiger partial charge in [0.1, 0.15) is 17.3 Å². The van der Waals surface area contributed by atoms with Gasteiger partial charge in [-0.3, -0.25) is 0 Å². The molecule has 0 fully saturated rings. The summed E-state index contributed by atoms with van der Waals surface area (Å²) in [6.45, 7) is 1.20. The minimum absolute atomic E-state index is 0.154. The Kier molecular flexibility index (Phi) is 5.17. The summed E-state index contributed by atoms with van der Waals surface area (Å²) in [5, 5.41) is 15.5. The third-order valence-electron chi connectivity index (χ3n) is 3.47. The van der Waals surface area contributed by atoms with Crippen LogP contribution in [0, 0.1) is 0 Å². The molecular formula is C17H19N3O2S. The van der Waals surface area contributed by atoms with Gasteiger partial charge < -0.3 is 15.2 Å². The fourth-order valence-corrected chi connectivity index (χ4v) is 3.39. The molecule has 3 aromatic rings. The smallest absolute Gasteiger partial charge is 0.158 e. The summed E-state index contributed by atoms with van der Waals surface area (Å²) in [6, 6.07) is 10.2. The zero-order chi connectivity index (χ0) is 16.1. The van der Waals surface area contributed by atoms with Gasteiger partial charge in [0.25, 0.3) is 0 Å². The SMILES string of the molecule is COCc1nc(NCCCO)c2c(-c3ccccc3)csc2n1.